The molecule has 0 aromatic heterocycles. The van der Waals surface area contributed by atoms with Crippen molar-refractivity contribution in [1.29, 1.82) is 0 Å². The number of rotatable bonds is 10. The van der Waals surface area contributed by atoms with Gasteiger partial charge in [0.25, 0.3) is 0 Å². The summed E-state index contributed by atoms with van der Waals surface area (Å²) in [6, 6.07) is 62.8. The Morgan fingerprint density at radius 3 is 0.776 bits per heavy atom. The van der Waals surface area contributed by atoms with Crippen LogP contribution in [0.2, 0.25) is 0 Å². The van der Waals surface area contributed by atoms with Crippen LogP contribution in [0.5, 0.6) is 0 Å². The van der Waals surface area contributed by atoms with Crippen LogP contribution in [0.15, 0.2) is 182 Å². The summed E-state index contributed by atoms with van der Waals surface area (Å²) < 4.78 is 0. The smallest absolute Gasteiger partial charge is 0.0606 e. The topological polar surface area (TPSA) is 47.6 Å². The minimum Gasteiger partial charge on any atom is -0.672 e. The van der Waals surface area contributed by atoms with Gasteiger partial charge in [0.05, 0.1) is 37.1 Å². The molecule has 0 aliphatic heterocycles. The molecule has 0 unspecified atom stereocenters. The third-order valence-electron chi connectivity index (χ3n) is 8.65. The molecule has 0 saturated carbocycles. The van der Waals surface area contributed by atoms with E-state index >= 15 is 0 Å². The molecule has 2 N–H and O–H groups in total. The van der Waals surface area contributed by atoms with Gasteiger partial charge in [0.2, 0.25) is 0 Å². The van der Waals surface area contributed by atoms with Crippen molar-refractivity contribution in [2.45, 2.75) is 37.2 Å². The van der Waals surface area contributed by atoms with Crippen molar-refractivity contribution >= 4 is 56.4 Å². The van der Waals surface area contributed by atoms with Crippen LogP contribution in [0, 0.1) is 0 Å². The summed E-state index contributed by atoms with van der Waals surface area (Å²) in [4.78, 5) is 0. The summed E-state index contributed by atoms with van der Waals surface area (Å²) in [5, 5.41) is 6.04. The van der Waals surface area contributed by atoms with Crippen LogP contribution in [0.3, 0.4) is 0 Å². The molecule has 6 rings (SSSR count). The molecule has 49 heavy (non-hydrogen) atoms. The second-order valence-corrected chi connectivity index (χ2v) is 20.1. The molecule has 0 aliphatic carbocycles. The van der Waals surface area contributed by atoms with E-state index in [2.05, 4.69) is 135 Å². The summed E-state index contributed by atoms with van der Waals surface area (Å²) in [7, 11) is 7.89. The molecule has 0 amide bonds. The van der Waals surface area contributed by atoms with Crippen molar-refractivity contribution in [3.05, 3.63) is 205 Å². The Balaban J connectivity index is 0.000000239. The summed E-state index contributed by atoms with van der Waals surface area (Å²) in [5.41, 5.74) is 19.1. The maximum Gasteiger partial charge on any atom is -0.0606 e. The second-order valence-electron chi connectivity index (χ2n) is 11.7. The minimum absolute atomic E-state index is 0.346. The van der Waals surface area contributed by atoms with Crippen molar-refractivity contribution < 1.29 is 15.1 Å². The van der Waals surface area contributed by atoms with Gasteiger partial charge in [0.1, 0.15) is 11.3 Å². The molecular formula is C42H44Cl2N2P2Ru+2. The number of hydrogen-bond donors (Lipinski definition) is 0. The van der Waals surface area contributed by atoms with Crippen molar-refractivity contribution in [2.24, 2.45) is 0 Å². The van der Waals surface area contributed by atoms with Crippen LogP contribution in [0.4, 0.5) is 0 Å². The number of nitrogens with one attached hydrogen (secondary N) is 2. The van der Waals surface area contributed by atoms with E-state index in [4.69, 9.17) is 30.8 Å². The zero-order valence-electron chi connectivity index (χ0n) is 27.7. The van der Waals surface area contributed by atoms with Gasteiger partial charge in [-0.05, 0) is 62.4 Å². The Morgan fingerprint density at radius 1 is 0.388 bits per heavy atom. The van der Waals surface area contributed by atoms with Crippen molar-refractivity contribution in [2.75, 3.05) is 0 Å². The van der Waals surface area contributed by atoms with Gasteiger partial charge in [-0.25, -0.2) is 0 Å². The Labute approximate surface area is 311 Å². The van der Waals surface area contributed by atoms with Crippen LogP contribution in [-0.2, 0) is 15.1 Å². The molecule has 6 aromatic carbocycles. The Bertz CT molecular complexity index is 1510. The first kappa shape index (κ1) is 39.1. The first-order valence-corrected chi connectivity index (χ1v) is 23.9. The van der Waals surface area contributed by atoms with Crippen LogP contribution >= 0.6 is 35.2 Å². The first-order chi connectivity index (χ1) is 24.0. The maximum absolute atomic E-state index is 8.07. The Hall–Kier alpha value is -2.70. The van der Waals surface area contributed by atoms with Gasteiger partial charge in [0, 0.05) is 0 Å². The zero-order chi connectivity index (χ0) is 34.8. The molecule has 0 heterocycles. The average Bonchev–Trinajstić information content (AvgIpc) is 3.17. The van der Waals surface area contributed by atoms with E-state index in [9.17, 15) is 0 Å². The molecule has 4 atom stereocenters. The SMILES string of the molecule is C[C@@H]([C@H](C)[PH+](c1ccccc1)c1ccccc1)[PH+](c1ccccc1)c1ccccc1.[Cl][Ru+2][Cl].[NH-][C@H](c1ccccc1)[C@H]([NH-])c1ccccc1. The summed E-state index contributed by atoms with van der Waals surface area (Å²) in [6.45, 7) is 4.99. The molecule has 0 aliphatic rings. The van der Waals surface area contributed by atoms with Crippen molar-refractivity contribution in [3.8, 4) is 0 Å². The molecule has 6 aromatic rings. The van der Waals surface area contributed by atoms with Crippen LogP contribution in [0.1, 0.15) is 37.1 Å². The van der Waals surface area contributed by atoms with E-state index < -0.39 is 27.9 Å². The number of halogens is 2. The molecule has 0 spiro atoms. The molecule has 7 heteroatoms. The molecule has 0 radical (unpaired) electrons. The van der Waals surface area contributed by atoms with Gasteiger partial charge in [0.15, 0.2) is 0 Å². The second kappa shape index (κ2) is 21.5. The van der Waals surface area contributed by atoms with E-state index in [0.29, 0.717) is 11.3 Å². The quantitative estimate of drug-likeness (QED) is 0.0977. The van der Waals surface area contributed by atoms with Gasteiger partial charge in [-0.15, -0.1) is 12.1 Å². The fourth-order valence-corrected chi connectivity index (χ4v) is 13.0. The average molecular weight is 811 g/mol. The molecule has 0 saturated heterocycles. The summed E-state index contributed by atoms with van der Waals surface area (Å²) >= 11 is -0.346. The van der Waals surface area contributed by atoms with Crippen LogP contribution < -0.4 is 21.2 Å². The summed E-state index contributed by atoms with van der Waals surface area (Å²) in [5.74, 6) is 0. The molecular weight excluding hydrogens is 766 g/mol. The normalized spacial score (nSPS) is 13.2. The Morgan fingerprint density at radius 2 is 0.571 bits per heavy atom. The van der Waals surface area contributed by atoms with Gasteiger partial charge < -0.3 is 11.5 Å². The van der Waals surface area contributed by atoms with Gasteiger partial charge >= 0.3 is 34.5 Å². The van der Waals surface area contributed by atoms with E-state index in [1.54, 1.807) is 0 Å². The molecule has 252 valence electrons. The third-order valence-corrected chi connectivity index (χ3v) is 15.6. The van der Waals surface area contributed by atoms with Gasteiger partial charge in [-0.1, -0.05) is 145 Å². The molecule has 0 bridgehead atoms. The van der Waals surface area contributed by atoms with Crippen LogP contribution in [0.25, 0.3) is 11.5 Å². The molecule has 2 nitrogen and oxygen atoms in total. The van der Waals surface area contributed by atoms with E-state index in [-0.39, 0.29) is 15.1 Å². The predicted octanol–water partition coefficient (Wildman–Crippen LogP) is 11.4. The van der Waals surface area contributed by atoms with E-state index in [0.717, 1.165) is 11.1 Å². The predicted molar refractivity (Wildman–Crippen MR) is 219 cm³/mol. The maximum atomic E-state index is 8.07. The van der Waals surface area contributed by atoms with E-state index in [1.165, 1.54) is 21.2 Å². The monoisotopic (exact) mass is 810 g/mol. The zero-order valence-corrected chi connectivity index (χ0v) is 33.0. The molecule has 0 fully saturated rings. The standard InChI is InChI=1S/C28H28P2.C14H14N2.2ClH.Ru/c1-23(29(25-15-7-3-8-16-25)26-17-9-4-10-18-26)24(2)30(27-19-11-5-12-20-27)28-21-13-6-14-22-28;15-13(11-7-3-1-4-8-11)14(16)12-9-5-2-6-10-12;;;/h3-24H,1-2H3;1-10,13-16H;2*1H;/q;-2;;;+4/t23-,24-;13-,14-;;;/m01.../s1. The van der Waals surface area contributed by atoms with Gasteiger partial charge in [-0.3, -0.25) is 0 Å². The minimum atomic E-state index is -0.910. The van der Waals surface area contributed by atoms with Gasteiger partial charge in [-0.2, -0.15) is 0 Å². The number of hydrogen-bond acceptors (Lipinski definition) is 0. The fraction of sp³-hybridized carbons (Fsp3) is 0.143. The van der Waals surface area contributed by atoms with Crippen molar-refractivity contribution in [3.63, 3.8) is 0 Å². The third kappa shape index (κ3) is 11.7. The largest absolute Gasteiger partial charge is 0.672 e. The van der Waals surface area contributed by atoms with Crippen molar-refractivity contribution in [1.82, 2.24) is 0 Å². The van der Waals surface area contributed by atoms with E-state index in [1.807, 2.05) is 60.7 Å². The first-order valence-electron chi connectivity index (χ1n) is 16.3. The fourth-order valence-electron chi connectivity index (χ4n) is 6.06. The number of benzene rings is 6. The summed E-state index contributed by atoms with van der Waals surface area (Å²) in [6.07, 6.45) is 0. The Kier molecular flexibility index (Phi) is 17.2. The van der Waals surface area contributed by atoms with Crippen LogP contribution in [-0.4, -0.2) is 11.3 Å².